The molecule has 1 aliphatic rings. The molecule has 6 heteroatoms. The van der Waals surface area contributed by atoms with E-state index in [-0.39, 0.29) is 10.6 Å². The molecule has 162 valence electrons. The molecule has 1 aliphatic carbocycles. The molecule has 0 bridgehead atoms. The Morgan fingerprint density at radius 3 is 2.25 bits per heavy atom. The van der Waals surface area contributed by atoms with E-state index in [1.165, 1.54) is 17.3 Å². The van der Waals surface area contributed by atoms with Gasteiger partial charge in [0.05, 0.1) is 15.5 Å². The predicted octanol–water partition coefficient (Wildman–Crippen LogP) is 6.38. The molecule has 0 fully saturated rings. The quantitative estimate of drug-likeness (QED) is 0.339. The van der Waals surface area contributed by atoms with Crippen LogP contribution in [-0.2, 0) is 22.9 Å². The average Bonchev–Trinajstić information content (AvgIpc) is 2.82. The molecule has 4 aromatic carbocycles. The Labute approximate surface area is 192 Å². The summed E-state index contributed by atoms with van der Waals surface area (Å²) in [5.41, 5.74) is 2.82. The van der Waals surface area contributed by atoms with Crippen molar-refractivity contribution in [2.45, 2.75) is 40.4 Å². The summed E-state index contributed by atoms with van der Waals surface area (Å²) in [6.07, 6.45) is 4.16. The maximum atomic E-state index is 13.3. The third-order valence-corrected chi connectivity index (χ3v) is 8.23. The van der Waals surface area contributed by atoms with Crippen LogP contribution in [0.2, 0.25) is 0 Å². The van der Waals surface area contributed by atoms with Crippen LogP contribution in [-0.4, -0.2) is 13.5 Å². The molecule has 2 N–H and O–H groups in total. The van der Waals surface area contributed by atoms with Crippen LogP contribution < -0.4 is 4.72 Å². The van der Waals surface area contributed by atoms with Gasteiger partial charge in [0.15, 0.2) is 0 Å². The minimum Gasteiger partial charge on any atom is -0.506 e. The van der Waals surface area contributed by atoms with E-state index in [0.29, 0.717) is 21.4 Å². The van der Waals surface area contributed by atoms with Crippen LogP contribution in [0.3, 0.4) is 0 Å². The maximum Gasteiger partial charge on any atom is 0.261 e. The zero-order chi connectivity index (χ0) is 22.1. The van der Waals surface area contributed by atoms with Gasteiger partial charge in [-0.1, -0.05) is 60.3 Å². The van der Waals surface area contributed by atoms with Gasteiger partial charge in [0, 0.05) is 15.7 Å². The van der Waals surface area contributed by atoms with E-state index in [2.05, 4.69) is 4.72 Å². The molecule has 0 saturated carbocycles. The molecule has 0 saturated heterocycles. The van der Waals surface area contributed by atoms with Gasteiger partial charge in [-0.3, -0.25) is 4.72 Å². The number of nitrogens with one attached hydrogen (secondary N) is 1. The number of sulfonamides is 1. The Kier molecular flexibility index (Phi) is 5.57. The fourth-order valence-electron chi connectivity index (χ4n) is 4.19. The number of aryl methyl sites for hydroxylation is 2. The van der Waals surface area contributed by atoms with Gasteiger partial charge in [-0.05, 0) is 67.1 Å². The predicted molar refractivity (Wildman–Crippen MR) is 130 cm³/mol. The lowest BCUT2D eigenvalue weighted by atomic mass is 9.92. The Balaban J connectivity index is 1.56. The lowest BCUT2D eigenvalue weighted by Gasteiger charge is -2.18. The number of benzene rings is 4. The molecule has 0 atom stereocenters. The van der Waals surface area contributed by atoms with Crippen molar-refractivity contribution in [3.05, 3.63) is 90.0 Å². The van der Waals surface area contributed by atoms with Gasteiger partial charge in [0.25, 0.3) is 10.0 Å². The van der Waals surface area contributed by atoms with E-state index in [1.54, 1.807) is 24.3 Å². The number of phenols is 1. The van der Waals surface area contributed by atoms with Crippen molar-refractivity contribution in [1.29, 1.82) is 0 Å². The van der Waals surface area contributed by atoms with Gasteiger partial charge < -0.3 is 5.11 Å². The molecular formula is C26H23NO3S2. The monoisotopic (exact) mass is 461 g/mol. The molecule has 5 rings (SSSR count). The topological polar surface area (TPSA) is 66.4 Å². The SMILES string of the molecule is O=S(=O)(Nc1cc(Sc2ccccc2)c(O)c2ccccc12)c1ccc2c(c1)CCCC2. The molecule has 32 heavy (non-hydrogen) atoms. The highest BCUT2D eigenvalue weighted by Crippen LogP contribution is 2.43. The van der Waals surface area contributed by atoms with E-state index in [0.717, 1.165) is 36.1 Å². The second-order valence-corrected chi connectivity index (χ2v) is 10.8. The third kappa shape index (κ3) is 4.08. The van der Waals surface area contributed by atoms with Crippen LogP contribution in [0.4, 0.5) is 5.69 Å². The highest BCUT2D eigenvalue weighted by molar-refractivity contribution is 7.99. The fraction of sp³-hybridized carbons (Fsp3) is 0.154. The normalized spacial score (nSPS) is 13.6. The molecule has 0 heterocycles. The number of hydrogen-bond donors (Lipinski definition) is 2. The Bertz CT molecular complexity index is 1400. The number of fused-ring (bicyclic) bond motifs is 2. The van der Waals surface area contributed by atoms with Crippen LogP contribution in [0.5, 0.6) is 5.75 Å². The molecular weight excluding hydrogens is 438 g/mol. The van der Waals surface area contributed by atoms with E-state index >= 15 is 0 Å². The lowest BCUT2D eigenvalue weighted by molar-refractivity contribution is 0.469. The first-order chi connectivity index (χ1) is 15.5. The van der Waals surface area contributed by atoms with Crippen molar-refractivity contribution in [3.8, 4) is 5.75 Å². The molecule has 0 aliphatic heterocycles. The van der Waals surface area contributed by atoms with Gasteiger partial charge in [0.1, 0.15) is 5.75 Å². The van der Waals surface area contributed by atoms with Crippen molar-refractivity contribution in [2.24, 2.45) is 0 Å². The number of anilines is 1. The van der Waals surface area contributed by atoms with Crippen molar-refractivity contribution < 1.29 is 13.5 Å². The third-order valence-electron chi connectivity index (χ3n) is 5.83. The number of rotatable bonds is 5. The fourth-order valence-corrected chi connectivity index (χ4v) is 6.24. The summed E-state index contributed by atoms with van der Waals surface area (Å²) in [4.78, 5) is 1.83. The summed E-state index contributed by atoms with van der Waals surface area (Å²) in [6.45, 7) is 0. The van der Waals surface area contributed by atoms with Crippen molar-refractivity contribution in [2.75, 3.05) is 4.72 Å². The molecule has 0 amide bonds. The number of phenolic OH excluding ortho intramolecular Hbond substituents is 1. The first-order valence-corrected chi connectivity index (χ1v) is 12.9. The van der Waals surface area contributed by atoms with Gasteiger partial charge in [-0.25, -0.2) is 8.42 Å². The summed E-state index contributed by atoms with van der Waals surface area (Å²) in [7, 11) is -3.78. The van der Waals surface area contributed by atoms with E-state index in [1.807, 2.05) is 54.6 Å². The van der Waals surface area contributed by atoms with Crippen LogP contribution in [0, 0.1) is 0 Å². The van der Waals surface area contributed by atoms with Crippen molar-refractivity contribution >= 4 is 38.2 Å². The minimum atomic E-state index is -3.78. The zero-order valence-electron chi connectivity index (χ0n) is 17.4. The summed E-state index contributed by atoms with van der Waals surface area (Å²) < 4.78 is 29.4. The van der Waals surface area contributed by atoms with E-state index in [4.69, 9.17) is 0 Å². The number of hydrogen-bond acceptors (Lipinski definition) is 4. The van der Waals surface area contributed by atoms with Crippen molar-refractivity contribution in [3.63, 3.8) is 0 Å². The smallest absolute Gasteiger partial charge is 0.261 e. The van der Waals surface area contributed by atoms with Gasteiger partial charge in [-0.15, -0.1) is 0 Å². The standard InChI is InChI=1S/C26H23NO3S2/c28-26-23-13-7-6-12-22(23)24(17-25(26)31-20-10-2-1-3-11-20)27-32(29,30)21-15-14-18-8-4-5-9-19(18)16-21/h1-3,6-7,10-17,27-28H,4-5,8-9H2. The van der Waals surface area contributed by atoms with Gasteiger partial charge >= 0.3 is 0 Å². The highest BCUT2D eigenvalue weighted by Gasteiger charge is 2.21. The largest absolute Gasteiger partial charge is 0.506 e. The van der Waals surface area contributed by atoms with Gasteiger partial charge in [-0.2, -0.15) is 0 Å². The second kappa shape index (κ2) is 8.52. The summed E-state index contributed by atoms with van der Waals surface area (Å²) in [5.74, 6) is 0.145. The van der Waals surface area contributed by atoms with Crippen molar-refractivity contribution in [1.82, 2.24) is 0 Å². The Hall–Kier alpha value is -2.96. The minimum absolute atomic E-state index is 0.145. The summed E-state index contributed by atoms with van der Waals surface area (Å²) in [6, 6.07) is 24.1. The molecule has 0 radical (unpaired) electrons. The average molecular weight is 462 g/mol. The molecule has 0 aromatic heterocycles. The highest BCUT2D eigenvalue weighted by atomic mass is 32.2. The summed E-state index contributed by atoms with van der Waals surface area (Å²) in [5, 5.41) is 12.1. The molecule has 0 spiro atoms. The van der Waals surface area contributed by atoms with Crippen LogP contribution in [0.1, 0.15) is 24.0 Å². The second-order valence-electron chi connectivity index (χ2n) is 7.97. The first kappa shape index (κ1) is 20.9. The molecule has 4 aromatic rings. The Morgan fingerprint density at radius 1 is 0.781 bits per heavy atom. The van der Waals surface area contributed by atoms with Crippen LogP contribution in [0.25, 0.3) is 10.8 Å². The zero-order valence-corrected chi connectivity index (χ0v) is 19.0. The summed E-state index contributed by atoms with van der Waals surface area (Å²) >= 11 is 1.40. The first-order valence-electron chi connectivity index (χ1n) is 10.6. The molecule has 4 nitrogen and oxygen atoms in total. The van der Waals surface area contributed by atoms with Crippen LogP contribution >= 0.6 is 11.8 Å². The van der Waals surface area contributed by atoms with E-state index < -0.39 is 10.0 Å². The Morgan fingerprint density at radius 2 is 1.47 bits per heavy atom. The molecule has 0 unspecified atom stereocenters. The number of aromatic hydroxyl groups is 1. The lowest BCUT2D eigenvalue weighted by Crippen LogP contribution is -2.14. The maximum absolute atomic E-state index is 13.3. The van der Waals surface area contributed by atoms with E-state index in [9.17, 15) is 13.5 Å². The van der Waals surface area contributed by atoms with Gasteiger partial charge in [0.2, 0.25) is 0 Å². The van der Waals surface area contributed by atoms with Crippen LogP contribution in [0.15, 0.2) is 93.5 Å².